The van der Waals surface area contributed by atoms with E-state index in [1.54, 1.807) is 0 Å². The summed E-state index contributed by atoms with van der Waals surface area (Å²) in [6, 6.07) is 7.88. The van der Waals surface area contributed by atoms with Crippen molar-refractivity contribution < 1.29 is 0 Å². The Morgan fingerprint density at radius 2 is 2.20 bits per heavy atom. The van der Waals surface area contributed by atoms with Gasteiger partial charge in [0.25, 0.3) is 0 Å². The molecule has 0 aliphatic rings. The molecule has 51 valence electrons. The average Bonchev–Trinajstić information content (AvgIpc) is 1.88. The van der Waals surface area contributed by atoms with Gasteiger partial charge in [-0.05, 0) is 0 Å². The van der Waals surface area contributed by atoms with Crippen molar-refractivity contribution in [3.05, 3.63) is 35.4 Å². The Morgan fingerprint density at radius 1 is 1.50 bits per heavy atom. The van der Waals surface area contributed by atoms with Crippen molar-refractivity contribution in [1.29, 1.82) is 5.41 Å². The van der Waals surface area contributed by atoms with E-state index in [-0.39, 0.29) is 0 Å². The zero-order valence-electron chi connectivity index (χ0n) is 5.72. The molecule has 2 heteroatoms. The first-order valence-corrected chi connectivity index (χ1v) is 3.88. The molecule has 0 unspecified atom stereocenters. The van der Waals surface area contributed by atoms with Gasteiger partial charge < -0.3 is 0 Å². The molecule has 1 N–H and O–H groups in total. The maximum absolute atomic E-state index is 7.28. The summed E-state index contributed by atoms with van der Waals surface area (Å²) in [6.45, 7) is 2.02. The molecule has 0 amide bonds. The van der Waals surface area contributed by atoms with Crippen LogP contribution in [-0.4, -0.2) is 20.6 Å². The van der Waals surface area contributed by atoms with Crippen LogP contribution in [0.1, 0.15) is 11.1 Å². The summed E-state index contributed by atoms with van der Waals surface area (Å²) in [5.41, 5.74) is 2.15. The molecule has 10 heavy (non-hydrogen) atoms. The fourth-order valence-corrected chi connectivity index (χ4v) is 1.05. The van der Waals surface area contributed by atoms with Gasteiger partial charge in [-0.3, -0.25) is 0 Å². The van der Waals surface area contributed by atoms with Crippen LogP contribution < -0.4 is 0 Å². The third kappa shape index (κ3) is 1.69. The van der Waals surface area contributed by atoms with Crippen LogP contribution in [0.15, 0.2) is 24.3 Å². The molecule has 1 rings (SSSR count). The third-order valence-corrected chi connectivity index (χ3v) is 1.77. The van der Waals surface area contributed by atoms with Gasteiger partial charge in [-0.1, -0.05) is 0 Å². The number of rotatable bonds is 1. The third-order valence-electron chi connectivity index (χ3n) is 1.28. The summed E-state index contributed by atoms with van der Waals surface area (Å²) in [4.78, 5) is 0. The summed E-state index contributed by atoms with van der Waals surface area (Å²) in [5.74, 6) is 0. The summed E-state index contributed by atoms with van der Waals surface area (Å²) in [5, 5.41) is 7.28. The normalized spacial score (nSPS) is 9.30. The van der Waals surface area contributed by atoms with Crippen LogP contribution in [0.5, 0.6) is 0 Å². The molecule has 0 fully saturated rings. The second-order valence-corrected chi connectivity index (χ2v) is 3.06. The molecule has 0 saturated heterocycles. The fourth-order valence-electron chi connectivity index (χ4n) is 0.786. The summed E-state index contributed by atoms with van der Waals surface area (Å²) < 4.78 is 0.503. The Kier molecular flexibility index (Phi) is 2.25. The number of hydrogen-bond donors (Lipinski definition) is 1. The Balaban J connectivity index is 3.07. The van der Waals surface area contributed by atoms with Crippen LogP contribution in [0.3, 0.4) is 0 Å². The molecule has 0 aliphatic carbocycles. The molecule has 0 bridgehead atoms. The molecule has 1 aromatic carbocycles. The van der Waals surface area contributed by atoms with Gasteiger partial charge in [-0.15, -0.1) is 0 Å². The second-order valence-electron chi connectivity index (χ2n) is 2.20. The molecule has 0 saturated carbocycles. The molecule has 0 atom stereocenters. The van der Waals surface area contributed by atoms with Crippen molar-refractivity contribution in [2.24, 2.45) is 0 Å². The van der Waals surface area contributed by atoms with Crippen LogP contribution in [0.2, 0.25) is 0 Å². The first-order valence-electron chi connectivity index (χ1n) is 3.03. The summed E-state index contributed by atoms with van der Waals surface area (Å²) in [7, 11) is 0. The van der Waals surface area contributed by atoms with E-state index in [9.17, 15) is 0 Å². The Hall–Kier alpha value is -0.591. The fraction of sp³-hybridized carbons (Fsp3) is 0.125. The predicted molar refractivity (Wildman–Crippen MR) is 43.8 cm³/mol. The van der Waals surface area contributed by atoms with Gasteiger partial charge in [-0.25, -0.2) is 0 Å². The van der Waals surface area contributed by atoms with E-state index in [2.05, 4.69) is 16.0 Å². The second kappa shape index (κ2) is 3.00. The van der Waals surface area contributed by atoms with Gasteiger partial charge >= 0.3 is 68.3 Å². The average molecular weight is 197 g/mol. The van der Waals surface area contributed by atoms with E-state index in [1.165, 1.54) is 5.56 Å². The number of hydrogen-bond acceptors (Lipinski definition) is 1. The molecule has 0 aliphatic heterocycles. The van der Waals surface area contributed by atoms with Gasteiger partial charge in [0.2, 0.25) is 0 Å². The molecular weight excluding hydrogens is 189 g/mol. The molecule has 0 spiro atoms. The van der Waals surface area contributed by atoms with E-state index in [0.717, 1.165) is 5.56 Å². The van der Waals surface area contributed by atoms with Crippen molar-refractivity contribution in [1.82, 2.24) is 0 Å². The van der Waals surface area contributed by atoms with Crippen LogP contribution in [0, 0.1) is 12.3 Å². The molecule has 1 nitrogen and oxygen atoms in total. The van der Waals surface area contributed by atoms with Gasteiger partial charge in [0.1, 0.15) is 0 Å². The Labute approximate surface area is 68.8 Å². The van der Waals surface area contributed by atoms with E-state index >= 15 is 0 Å². The van der Waals surface area contributed by atoms with Crippen molar-refractivity contribution in [3.63, 3.8) is 0 Å². The van der Waals surface area contributed by atoms with Crippen LogP contribution in [-0.2, 0) is 0 Å². The molecular formula is C8H8NSe. The van der Waals surface area contributed by atoms with Gasteiger partial charge in [0.15, 0.2) is 0 Å². The summed E-state index contributed by atoms with van der Waals surface area (Å²) >= 11 is 2.67. The van der Waals surface area contributed by atoms with Crippen LogP contribution >= 0.6 is 0 Å². The number of aryl methyl sites for hydroxylation is 1. The number of benzene rings is 1. The SMILES string of the molecule is Cc1cccc(C(=N)[Se])c1. The van der Waals surface area contributed by atoms with Gasteiger partial charge in [-0.2, -0.15) is 0 Å². The molecule has 1 aromatic rings. The van der Waals surface area contributed by atoms with Crippen molar-refractivity contribution in [2.45, 2.75) is 6.92 Å². The standard InChI is InChI=1S/C8H8NSe/c1-6-3-2-4-7(5-6)8(9)10/h2-5,9H,1H3. The predicted octanol–water partition coefficient (Wildman–Crippen LogP) is 1.49. The molecule has 0 aromatic heterocycles. The quantitative estimate of drug-likeness (QED) is 0.521. The van der Waals surface area contributed by atoms with E-state index in [1.807, 2.05) is 31.2 Å². The minimum atomic E-state index is 0.503. The Morgan fingerprint density at radius 3 is 2.60 bits per heavy atom. The van der Waals surface area contributed by atoms with Crippen molar-refractivity contribution >= 4 is 20.6 Å². The molecule has 0 heterocycles. The molecule has 1 radical (unpaired) electrons. The van der Waals surface area contributed by atoms with E-state index < -0.39 is 0 Å². The van der Waals surface area contributed by atoms with Crippen molar-refractivity contribution in [2.75, 3.05) is 0 Å². The van der Waals surface area contributed by atoms with Crippen LogP contribution in [0.25, 0.3) is 0 Å². The zero-order valence-corrected chi connectivity index (χ0v) is 7.43. The van der Waals surface area contributed by atoms with E-state index in [4.69, 9.17) is 5.41 Å². The van der Waals surface area contributed by atoms with Gasteiger partial charge in [0.05, 0.1) is 0 Å². The van der Waals surface area contributed by atoms with Gasteiger partial charge in [0, 0.05) is 0 Å². The zero-order chi connectivity index (χ0) is 7.56. The maximum atomic E-state index is 7.28. The Bertz CT molecular complexity index is 255. The monoisotopic (exact) mass is 198 g/mol. The number of nitrogens with one attached hydrogen (secondary N) is 1. The van der Waals surface area contributed by atoms with Crippen LogP contribution in [0.4, 0.5) is 0 Å². The first kappa shape index (κ1) is 7.52. The minimum absolute atomic E-state index is 0.503. The van der Waals surface area contributed by atoms with E-state index in [0.29, 0.717) is 4.61 Å². The summed E-state index contributed by atoms with van der Waals surface area (Å²) in [6.07, 6.45) is 0. The first-order chi connectivity index (χ1) is 4.70. The van der Waals surface area contributed by atoms with Crippen molar-refractivity contribution in [3.8, 4) is 0 Å². The topological polar surface area (TPSA) is 23.9 Å².